The van der Waals surface area contributed by atoms with E-state index in [9.17, 15) is 9.59 Å². The van der Waals surface area contributed by atoms with Crippen molar-refractivity contribution in [2.24, 2.45) is 0 Å². The zero-order valence-electron chi connectivity index (χ0n) is 7.90. The van der Waals surface area contributed by atoms with Gasteiger partial charge in [0.2, 0.25) is 0 Å². The molecule has 1 aromatic rings. The lowest BCUT2D eigenvalue weighted by atomic mass is 10.1. The first-order valence-electron chi connectivity index (χ1n) is 3.98. The van der Waals surface area contributed by atoms with Gasteiger partial charge in [-0.1, -0.05) is 12.1 Å². The molecule has 0 radical (unpaired) electrons. The lowest BCUT2D eigenvalue weighted by Gasteiger charge is -2.03. The molecule has 0 aliphatic heterocycles. The number of carbonyl (C=O) groups is 2. The Bertz CT molecular complexity index is 385. The summed E-state index contributed by atoms with van der Waals surface area (Å²) < 4.78 is 0. The van der Waals surface area contributed by atoms with Crippen LogP contribution in [0.4, 0.5) is 0 Å². The van der Waals surface area contributed by atoms with Crippen LogP contribution in [0.3, 0.4) is 0 Å². The number of aliphatic carboxylic acids is 1. The zero-order chi connectivity index (χ0) is 10.7. The van der Waals surface area contributed by atoms with Gasteiger partial charge in [-0.15, -0.1) is 11.8 Å². The summed E-state index contributed by atoms with van der Waals surface area (Å²) in [5.74, 6) is -2.28. The van der Waals surface area contributed by atoms with Gasteiger partial charge >= 0.3 is 5.97 Å². The Morgan fingerprint density at radius 2 is 2.00 bits per heavy atom. The second kappa shape index (κ2) is 4.28. The van der Waals surface area contributed by atoms with Gasteiger partial charge in [0.25, 0.3) is 5.78 Å². The molecule has 0 unspecified atom stereocenters. The van der Waals surface area contributed by atoms with Crippen molar-refractivity contribution in [2.45, 2.75) is 11.8 Å². The standard InChI is InChI=1S/C10H10O3S/c1-6-3-4-7(5-8(6)14-2)9(11)10(12)13/h3-5H,1-2H3,(H,12,13). The van der Waals surface area contributed by atoms with Crippen molar-refractivity contribution in [3.8, 4) is 0 Å². The molecule has 3 nitrogen and oxygen atoms in total. The highest BCUT2D eigenvalue weighted by atomic mass is 32.2. The fraction of sp³-hybridized carbons (Fsp3) is 0.200. The van der Waals surface area contributed by atoms with Crippen molar-refractivity contribution in [1.29, 1.82) is 0 Å². The fourth-order valence-corrected chi connectivity index (χ4v) is 1.72. The van der Waals surface area contributed by atoms with Crippen LogP contribution in [0.5, 0.6) is 0 Å². The van der Waals surface area contributed by atoms with Crippen LogP contribution in [0.2, 0.25) is 0 Å². The average molecular weight is 210 g/mol. The summed E-state index contributed by atoms with van der Waals surface area (Å²) in [5, 5.41) is 8.51. The van der Waals surface area contributed by atoms with Gasteiger partial charge < -0.3 is 5.11 Å². The molecule has 0 amide bonds. The third-order valence-electron chi connectivity index (χ3n) is 1.86. The summed E-state index contributed by atoms with van der Waals surface area (Å²) in [6.45, 7) is 1.92. The van der Waals surface area contributed by atoms with Crippen LogP contribution in [0.15, 0.2) is 23.1 Å². The molecule has 0 aliphatic rings. The molecular formula is C10H10O3S. The molecule has 0 saturated carbocycles. The lowest BCUT2D eigenvalue weighted by molar-refractivity contribution is -0.131. The van der Waals surface area contributed by atoms with Crippen molar-refractivity contribution < 1.29 is 14.7 Å². The molecule has 4 heteroatoms. The number of aryl methyl sites for hydroxylation is 1. The van der Waals surface area contributed by atoms with Gasteiger partial charge in [0.05, 0.1) is 0 Å². The summed E-state index contributed by atoms with van der Waals surface area (Å²) in [6.07, 6.45) is 1.89. The molecule has 0 fully saturated rings. The molecule has 0 aromatic heterocycles. The van der Waals surface area contributed by atoms with Crippen molar-refractivity contribution in [3.05, 3.63) is 29.3 Å². The number of carboxylic acid groups (broad SMARTS) is 1. The van der Waals surface area contributed by atoms with E-state index in [0.717, 1.165) is 10.5 Å². The first-order chi connectivity index (χ1) is 6.56. The van der Waals surface area contributed by atoms with E-state index in [1.807, 2.05) is 13.2 Å². The second-order valence-corrected chi connectivity index (χ2v) is 3.67. The highest BCUT2D eigenvalue weighted by Crippen LogP contribution is 2.21. The van der Waals surface area contributed by atoms with E-state index in [4.69, 9.17) is 5.11 Å². The van der Waals surface area contributed by atoms with Gasteiger partial charge in [-0.3, -0.25) is 4.79 Å². The van der Waals surface area contributed by atoms with Gasteiger partial charge in [0.15, 0.2) is 0 Å². The second-order valence-electron chi connectivity index (χ2n) is 2.82. The van der Waals surface area contributed by atoms with Gasteiger partial charge in [-0.05, 0) is 24.8 Å². The molecule has 0 saturated heterocycles. The maximum atomic E-state index is 11.1. The van der Waals surface area contributed by atoms with Crippen LogP contribution in [-0.4, -0.2) is 23.1 Å². The third kappa shape index (κ3) is 2.14. The van der Waals surface area contributed by atoms with Crippen molar-refractivity contribution in [2.75, 3.05) is 6.26 Å². The number of ketones is 1. The maximum absolute atomic E-state index is 11.1. The largest absolute Gasteiger partial charge is 0.475 e. The monoisotopic (exact) mass is 210 g/mol. The maximum Gasteiger partial charge on any atom is 0.377 e. The first-order valence-corrected chi connectivity index (χ1v) is 5.21. The van der Waals surface area contributed by atoms with E-state index in [1.54, 1.807) is 12.1 Å². The number of Topliss-reactive ketones (excluding diaryl/α,β-unsaturated/α-hetero) is 1. The van der Waals surface area contributed by atoms with E-state index < -0.39 is 11.8 Å². The average Bonchev–Trinajstić information content (AvgIpc) is 2.17. The highest BCUT2D eigenvalue weighted by molar-refractivity contribution is 7.98. The molecule has 0 atom stereocenters. The number of benzene rings is 1. The molecule has 0 spiro atoms. The van der Waals surface area contributed by atoms with E-state index in [1.165, 1.54) is 17.8 Å². The molecule has 0 heterocycles. The number of hydrogen-bond donors (Lipinski definition) is 1. The van der Waals surface area contributed by atoms with Crippen LogP contribution in [0.25, 0.3) is 0 Å². The number of carbonyl (C=O) groups excluding carboxylic acids is 1. The topological polar surface area (TPSA) is 54.4 Å². The van der Waals surface area contributed by atoms with Gasteiger partial charge in [0, 0.05) is 10.5 Å². The molecule has 0 bridgehead atoms. The predicted octanol–water partition coefficient (Wildman–Crippen LogP) is 1.98. The summed E-state index contributed by atoms with van der Waals surface area (Å²) in [7, 11) is 0. The highest BCUT2D eigenvalue weighted by Gasteiger charge is 2.14. The molecule has 0 aliphatic carbocycles. The summed E-state index contributed by atoms with van der Waals surface area (Å²) in [5.41, 5.74) is 1.27. The number of rotatable bonds is 3. The normalized spacial score (nSPS) is 9.86. The lowest BCUT2D eigenvalue weighted by Crippen LogP contribution is -2.12. The Morgan fingerprint density at radius 3 is 2.50 bits per heavy atom. The molecule has 1 rings (SSSR count). The van der Waals surface area contributed by atoms with Crippen LogP contribution in [-0.2, 0) is 4.79 Å². The Morgan fingerprint density at radius 1 is 1.36 bits per heavy atom. The number of carboxylic acids is 1. The Balaban J connectivity index is 3.12. The van der Waals surface area contributed by atoms with Crippen LogP contribution in [0.1, 0.15) is 15.9 Å². The summed E-state index contributed by atoms with van der Waals surface area (Å²) in [6, 6.07) is 4.89. The number of thioether (sulfide) groups is 1. The van der Waals surface area contributed by atoms with Crippen molar-refractivity contribution in [1.82, 2.24) is 0 Å². The minimum Gasteiger partial charge on any atom is -0.475 e. The molecular weight excluding hydrogens is 200 g/mol. The molecule has 14 heavy (non-hydrogen) atoms. The SMILES string of the molecule is CSc1cc(C(=O)C(=O)O)ccc1C. The van der Waals surface area contributed by atoms with Gasteiger partial charge in [0.1, 0.15) is 0 Å². The van der Waals surface area contributed by atoms with Crippen molar-refractivity contribution >= 4 is 23.5 Å². The minimum atomic E-state index is -1.42. The Labute approximate surface area is 86.1 Å². The van der Waals surface area contributed by atoms with Gasteiger partial charge in [-0.25, -0.2) is 4.79 Å². The predicted molar refractivity (Wildman–Crippen MR) is 54.9 cm³/mol. The first kappa shape index (κ1) is 10.8. The quantitative estimate of drug-likeness (QED) is 0.471. The van der Waals surface area contributed by atoms with E-state index >= 15 is 0 Å². The molecule has 1 aromatic carbocycles. The van der Waals surface area contributed by atoms with Crippen LogP contribution >= 0.6 is 11.8 Å². The van der Waals surface area contributed by atoms with E-state index in [2.05, 4.69) is 0 Å². The smallest absolute Gasteiger partial charge is 0.377 e. The van der Waals surface area contributed by atoms with E-state index in [-0.39, 0.29) is 5.56 Å². The Hall–Kier alpha value is -1.29. The van der Waals surface area contributed by atoms with E-state index in [0.29, 0.717) is 0 Å². The summed E-state index contributed by atoms with van der Waals surface area (Å²) in [4.78, 5) is 22.5. The fourth-order valence-electron chi connectivity index (χ4n) is 1.08. The third-order valence-corrected chi connectivity index (χ3v) is 2.74. The van der Waals surface area contributed by atoms with Crippen molar-refractivity contribution in [3.63, 3.8) is 0 Å². The zero-order valence-corrected chi connectivity index (χ0v) is 8.72. The number of hydrogen-bond acceptors (Lipinski definition) is 3. The van der Waals surface area contributed by atoms with Crippen LogP contribution < -0.4 is 0 Å². The Kier molecular flexibility index (Phi) is 3.30. The summed E-state index contributed by atoms with van der Waals surface area (Å²) >= 11 is 1.49. The molecule has 1 N–H and O–H groups in total. The van der Waals surface area contributed by atoms with Crippen LogP contribution in [0, 0.1) is 6.92 Å². The minimum absolute atomic E-state index is 0.229. The molecule has 74 valence electrons. The van der Waals surface area contributed by atoms with Gasteiger partial charge in [-0.2, -0.15) is 0 Å².